The quantitative estimate of drug-likeness (QED) is 0.386. The smallest absolute Gasteiger partial charge is 0.224 e. The lowest BCUT2D eigenvalue weighted by Crippen LogP contribution is -2.40. The zero-order valence-electron chi connectivity index (χ0n) is 18.5. The lowest BCUT2D eigenvalue weighted by molar-refractivity contribution is -0.0877. The monoisotopic (exact) mass is 458 g/mol. The number of aromatic nitrogens is 4. The number of hydrogen-bond donors (Lipinski definition) is 2. The largest absolute Gasteiger partial charge is 0.468 e. The highest BCUT2D eigenvalue weighted by molar-refractivity contribution is 5.85. The summed E-state index contributed by atoms with van der Waals surface area (Å²) in [7, 11) is 1.93. The minimum atomic E-state index is -2.12. The number of ether oxygens (including phenoxy) is 3. The molecule has 0 bridgehead atoms. The molecule has 1 saturated carbocycles. The Balaban J connectivity index is 1.33. The highest BCUT2D eigenvalue weighted by Crippen LogP contribution is 2.43. The molecule has 2 fully saturated rings. The van der Waals surface area contributed by atoms with Crippen molar-refractivity contribution in [3.05, 3.63) is 36.7 Å². The van der Waals surface area contributed by atoms with Crippen molar-refractivity contribution in [2.45, 2.75) is 49.9 Å². The average molecular weight is 458 g/mol. The van der Waals surface area contributed by atoms with Crippen molar-refractivity contribution in [2.75, 3.05) is 31.1 Å². The molecule has 1 aliphatic carbocycles. The van der Waals surface area contributed by atoms with Gasteiger partial charge in [0.15, 0.2) is 35.7 Å². The molecule has 1 unspecified atom stereocenters. The van der Waals surface area contributed by atoms with Gasteiger partial charge in [0.25, 0.3) is 0 Å². The maximum Gasteiger partial charge on any atom is 0.224 e. The minimum absolute atomic E-state index is 0.0522. The summed E-state index contributed by atoms with van der Waals surface area (Å²) in [6.07, 6.45) is 0.0749. The molecule has 11 heteroatoms. The van der Waals surface area contributed by atoms with Gasteiger partial charge in [0.2, 0.25) is 5.95 Å². The number of halogens is 1. The minimum Gasteiger partial charge on any atom is -0.468 e. The first kappa shape index (κ1) is 21.8. The Morgan fingerprint density at radius 3 is 2.79 bits per heavy atom. The normalized spacial score (nSPS) is 27.2. The predicted octanol–water partition coefficient (Wildman–Crippen LogP) is 2.05. The molecule has 1 aromatic carbocycles. The van der Waals surface area contributed by atoms with E-state index in [2.05, 4.69) is 15.0 Å². The molecule has 3 aromatic rings. The first-order valence-electron chi connectivity index (χ1n) is 10.9. The second-order valence-corrected chi connectivity index (χ2v) is 8.64. The first-order chi connectivity index (χ1) is 15.9. The summed E-state index contributed by atoms with van der Waals surface area (Å²) in [5.41, 5.74) is 4.68. The number of nitrogens with zero attached hydrogens (tertiary/aromatic N) is 5. The van der Waals surface area contributed by atoms with Crippen molar-refractivity contribution in [2.24, 2.45) is 0 Å². The molecule has 2 aliphatic rings. The van der Waals surface area contributed by atoms with Gasteiger partial charge >= 0.3 is 0 Å². The van der Waals surface area contributed by atoms with E-state index in [9.17, 15) is 5.11 Å². The summed E-state index contributed by atoms with van der Waals surface area (Å²) in [4.78, 5) is 15.1. The third-order valence-electron chi connectivity index (χ3n) is 6.15. The summed E-state index contributed by atoms with van der Waals surface area (Å²) >= 11 is 0. The first-order valence-corrected chi connectivity index (χ1v) is 10.9. The van der Waals surface area contributed by atoms with Crippen LogP contribution in [-0.2, 0) is 9.47 Å². The molecule has 10 nitrogen and oxygen atoms in total. The number of hydrogen-bond acceptors (Lipinski definition) is 9. The predicted molar refractivity (Wildman–Crippen MR) is 118 cm³/mol. The second-order valence-electron chi connectivity index (χ2n) is 8.64. The number of nitrogen functional groups attached to an aromatic ring is 1. The van der Waals surface area contributed by atoms with Crippen LogP contribution >= 0.6 is 0 Å². The number of alkyl halides is 1. The zero-order chi connectivity index (χ0) is 23.2. The van der Waals surface area contributed by atoms with Gasteiger partial charge in [-0.15, -0.1) is 0 Å². The molecule has 2 aromatic heterocycles. The van der Waals surface area contributed by atoms with Crippen molar-refractivity contribution in [1.29, 1.82) is 0 Å². The van der Waals surface area contributed by atoms with E-state index in [0.29, 0.717) is 28.8 Å². The van der Waals surface area contributed by atoms with Crippen LogP contribution in [0.15, 0.2) is 36.7 Å². The Morgan fingerprint density at radius 1 is 1.30 bits per heavy atom. The Bertz CT molecular complexity index is 1120. The molecule has 3 N–H and O–H groups in total. The lowest BCUT2D eigenvalue weighted by Gasteiger charge is -2.25. The van der Waals surface area contributed by atoms with E-state index in [1.807, 2.05) is 30.1 Å². The highest BCUT2D eigenvalue weighted by Gasteiger charge is 2.55. The van der Waals surface area contributed by atoms with Gasteiger partial charge in [-0.05, 0) is 31.9 Å². The maximum atomic E-state index is 15.7. The van der Waals surface area contributed by atoms with Gasteiger partial charge in [0, 0.05) is 13.1 Å². The summed E-state index contributed by atoms with van der Waals surface area (Å²) in [6, 6.07) is 9.54. The molecule has 1 aliphatic heterocycles. The lowest BCUT2D eigenvalue weighted by atomic mass is 9.98. The van der Waals surface area contributed by atoms with Gasteiger partial charge in [-0.2, -0.15) is 9.97 Å². The van der Waals surface area contributed by atoms with E-state index >= 15 is 4.39 Å². The fourth-order valence-electron chi connectivity index (χ4n) is 4.11. The van der Waals surface area contributed by atoms with Crippen LogP contribution in [0.4, 0.5) is 16.2 Å². The van der Waals surface area contributed by atoms with Crippen LogP contribution in [0.2, 0.25) is 0 Å². The number of rotatable bonds is 8. The van der Waals surface area contributed by atoms with Crippen LogP contribution in [0.25, 0.3) is 11.2 Å². The highest BCUT2D eigenvalue weighted by atomic mass is 19.1. The molecule has 4 atom stereocenters. The molecule has 0 radical (unpaired) electrons. The third kappa shape index (κ3) is 4.07. The summed E-state index contributed by atoms with van der Waals surface area (Å²) in [5, 5.41) is 10.6. The maximum absolute atomic E-state index is 15.7. The molecule has 0 amide bonds. The number of benzene rings is 1. The van der Waals surface area contributed by atoms with E-state index in [1.54, 1.807) is 12.1 Å². The molecular weight excluding hydrogens is 431 g/mol. The number of para-hydroxylation sites is 1. The van der Waals surface area contributed by atoms with E-state index < -0.39 is 24.1 Å². The van der Waals surface area contributed by atoms with Gasteiger partial charge in [0.1, 0.15) is 18.0 Å². The Kier molecular flexibility index (Phi) is 5.55. The van der Waals surface area contributed by atoms with Crippen molar-refractivity contribution in [1.82, 2.24) is 19.5 Å². The van der Waals surface area contributed by atoms with Gasteiger partial charge in [0.05, 0.1) is 12.9 Å². The van der Waals surface area contributed by atoms with Crippen LogP contribution in [0.3, 0.4) is 0 Å². The Morgan fingerprint density at radius 2 is 2.06 bits per heavy atom. The average Bonchev–Trinajstić information content (AvgIpc) is 3.53. The van der Waals surface area contributed by atoms with Crippen molar-refractivity contribution in [3.63, 3.8) is 0 Å². The van der Waals surface area contributed by atoms with Crippen LogP contribution in [0.5, 0.6) is 5.75 Å². The molecule has 0 spiro atoms. The Hall–Kier alpha value is -3.02. The number of aliphatic hydroxyl groups excluding tert-OH is 1. The topological polar surface area (TPSA) is 121 Å². The van der Waals surface area contributed by atoms with E-state index in [4.69, 9.17) is 19.9 Å². The standard InChI is InChI=1S/C22H27FN6O4/c1-22(23)17(30)15(10-31-12-32-14-6-4-3-5-7-14)33-20(22)29-11-25-16-18(28(2)13-8-9-13)26-21(24)27-19(16)29/h3-7,11,13,15,17,20,30H,8-10,12H2,1-2H3,(H2,24,26,27)/t15?,17-,20-,22-/m1/s1. The van der Waals surface area contributed by atoms with E-state index in [1.165, 1.54) is 17.8 Å². The molecule has 5 rings (SSSR count). The summed E-state index contributed by atoms with van der Waals surface area (Å²) in [6.45, 7) is 1.18. The van der Waals surface area contributed by atoms with Crippen LogP contribution in [0.1, 0.15) is 26.0 Å². The molecule has 3 heterocycles. The van der Waals surface area contributed by atoms with Gasteiger partial charge < -0.3 is 30.0 Å². The number of anilines is 2. The van der Waals surface area contributed by atoms with Crippen molar-refractivity contribution < 1.29 is 23.7 Å². The summed E-state index contributed by atoms with van der Waals surface area (Å²) in [5.74, 6) is 1.30. The fourth-order valence-corrected chi connectivity index (χ4v) is 4.11. The van der Waals surface area contributed by atoms with Crippen LogP contribution < -0.4 is 15.4 Å². The number of imidazole rings is 1. The Labute approximate surface area is 190 Å². The van der Waals surface area contributed by atoms with Crippen molar-refractivity contribution in [3.8, 4) is 5.75 Å². The van der Waals surface area contributed by atoms with E-state index in [-0.39, 0.29) is 19.3 Å². The molecule has 33 heavy (non-hydrogen) atoms. The zero-order valence-corrected chi connectivity index (χ0v) is 18.5. The number of aliphatic hydroxyl groups is 1. The van der Waals surface area contributed by atoms with Crippen LogP contribution in [-0.4, -0.2) is 69.0 Å². The molecule has 1 saturated heterocycles. The third-order valence-corrected chi connectivity index (χ3v) is 6.15. The molecular formula is C22H27FN6O4. The van der Waals surface area contributed by atoms with Gasteiger partial charge in [-0.3, -0.25) is 4.57 Å². The van der Waals surface area contributed by atoms with Crippen molar-refractivity contribution >= 4 is 22.9 Å². The fraction of sp³-hybridized carbons (Fsp3) is 0.500. The van der Waals surface area contributed by atoms with Gasteiger partial charge in [-0.25, -0.2) is 9.37 Å². The SMILES string of the molecule is CN(c1nc(N)nc2c1ncn2[C@@H]1OC(COCOc2ccccc2)[C@@H](O)[C@@]1(C)F)C1CC1. The van der Waals surface area contributed by atoms with Gasteiger partial charge in [-0.1, -0.05) is 18.2 Å². The summed E-state index contributed by atoms with van der Waals surface area (Å²) < 4.78 is 34.0. The number of nitrogens with two attached hydrogens (primary N) is 1. The van der Waals surface area contributed by atoms with Crippen LogP contribution in [0, 0.1) is 0 Å². The number of fused-ring (bicyclic) bond motifs is 1. The second kappa shape index (κ2) is 8.40. The van der Waals surface area contributed by atoms with E-state index in [0.717, 1.165) is 12.8 Å². The molecule has 176 valence electrons.